The number of methoxy groups -OCH3 is 1. The number of rotatable bonds is 4. The number of benzene rings is 3. The molecule has 0 aliphatic carbocycles. The number of phenolic OH excluding ortho intramolecular Hbond substituents is 3. The van der Waals surface area contributed by atoms with Gasteiger partial charge in [0.05, 0.1) is 12.7 Å². The highest BCUT2D eigenvalue weighted by Crippen LogP contribution is 2.49. The minimum atomic E-state index is -0.343. The number of ketones is 1. The zero-order chi connectivity index (χ0) is 21.4. The molecule has 154 valence electrons. The Bertz CT molecular complexity index is 1100. The van der Waals surface area contributed by atoms with Gasteiger partial charge in [0, 0.05) is 29.2 Å². The third-order valence-corrected chi connectivity index (χ3v) is 5.46. The molecule has 0 bridgehead atoms. The molecule has 0 aromatic heterocycles. The van der Waals surface area contributed by atoms with Crippen molar-refractivity contribution < 1.29 is 29.6 Å². The summed E-state index contributed by atoms with van der Waals surface area (Å²) in [5.41, 5.74) is 2.69. The molecule has 0 saturated heterocycles. The summed E-state index contributed by atoms with van der Waals surface area (Å²) in [6.45, 7) is 1.40. The van der Waals surface area contributed by atoms with E-state index in [2.05, 4.69) is 0 Å². The first-order valence-corrected chi connectivity index (χ1v) is 9.57. The van der Waals surface area contributed by atoms with E-state index in [1.54, 1.807) is 48.5 Å². The Morgan fingerprint density at radius 1 is 0.967 bits per heavy atom. The Labute approximate surface area is 174 Å². The normalized spacial score (nSPS) is 17.7. The minimum absolute atomic E-state index is 0.0842. The average Bonchev–Trinajstić information content (AvgIpc) is 2.72. The van der Waals surface area contributed by atoms with Gasteiger partial charge in [-0.2, -0.15) is 0 Å². The highest BCUT2D eigenvalue weighted by atomic mass is 16.5. The van der Waals surface area contributed by atoms with E-state index >= 15 is 0 Å². The second kappa shape index (κ2) is 7.63. The second-order valence-electron chi connectivity index (χ2n) is 7.38. The summed E-state index contributed by atoms with van der Waals surface area (Å²) < 4.78 is 11.7. The van der Waals surface area contributed by atoms with Crippen LogP contribution >= 0.6 is 0 Å². The maximum absolute atomic E-state index is 12.0. The lowest BCUT2D eigenvalue weighted by Crippen LogP contribution is -2.20. The Kier molecular flexibility index (Phi) is 4.99. The number of Topliss-reactive ketones (excluding diaryl/α,β-unsaturated/α-hetero) is 1. The van der Waals surface area contributed by atoms with Crippen LogP contribution in [0.3, 0.4) is 0 Å². The van der Waals surface area contributed by atoms with Crippen molar-refractivity contribution in [1.29, 1.82) is 0 Å². The van der Waals surface area contributed by atoms with E-state index in [1.807, 2.05) is 0 Å². The van der Waals surface area contributed by atoms with Crippen molar-refractivity contribution in [2.45, 2.75) is 25.4 Å². The van der Waals surface area contributed by atoms with Gasteiger partial charge < -0.3 is 24.8 Å². The summed E-state index contributed by atoms with van der Waals surface area (Å²) in [5, 5.41) is 29.8. The fraction of sp³-hybridized carbons (Fsp3) is 0.208. The monoisotopic (exact) mass is 406 g/mol. The van der Waals surface area contributed by atoms with Crippen molar-refractivity contribution >= 4 is 5.78 Å². The molecule has 0 amide bonds. The first kappa shape index (κ1) is 19.6. The molecular formula is C24H22O6. The number of fused-ring (bicyclic) bond motifs is 1. The fourth-order valence-electron chi connectivity index (χ4n) is 3.96. The van der Waals surface area contributed by atoms with Gasteiger partial charge in [-0.25, -0.2) is 0 Å². The lowest BCUT2D eigenvalue weighted by molar-refractivity contribution is 0.101. The first-order valence-electron chi connectivity index (χ1n) is 9.57. The van der Waals surface area contributed by atoms with E-state index < -0.39 is 0 Å². The third kappa shape index (κ3) is 3.52. The van der Waals surface area contributed by atoms with Crippen LogP contribution in [-0.4, -0.2) is 28.2 Å². The molecule has 1 aliphatic heterocycles. The van der Waals surface area contributed by atoms with Crippen LogP contribution in [0.5, 0.6) is 28.7 Å². The molecule has 3 aromatic rings. The summed E-state index contributed by atoms with van der Waals surface area (Å²) in [6.07, 6.45) is 0.199. The summed E-state index contributed by atoms with van der Waals surface area (Å²) in [6, 6.07) is 14.8. The lowest BCUT2D eigenvalue weighted by Gasteiger charge is -2.33. The number of phenols is 3. The van der Waals surface area contributed by atoms with Crippen molar-refractivity contribution in [3.8, 4) is 28.7 Å². The maximum atomic E-state index is 12.0. The SMILES string of the molecule is COc1cc(O)c(C(C)=O)cc1[C@@H]1C[C@@H](c2ccc(O)cc2)Oc2cc(O)ccc21. The Hall–Kier alpha value is -3.67. The molecule has 1 heterocycles. The number of aromatic hydroxyl groups is 3. The van der Waals surface area contributed by atoms with Crippen LogP contribution in [0.1, 0.15) is 52.4 Å². The van der Waals surface area contributed by atoms with E-state index in [4.69, 9.17) is 9.47 Å². The highest BCUT2D eigenvalue weighted by Gasteiger charge is 2.33. The molecule has 2 atom stereocenters. The maximum Gasteiger partial charge on any atom is 0.163 e. The molecule has 0 radical (unpaired) electrons. The minimum Gasteiger partial charge on any atom is -0.508 e. The van der Waals surface area contributed by atoms with Crippen molar-refractivity contribution in [1.82, 2.24) is 0 Å². The van der Waals surface area contributed by atoms with E-state index in [1.165, 1.54) is 20.1 Å². The molecular weight excluding hydrogens is 384 g/mol. The third-order valence-electron chi connectivity index (χ3n) is 5.46. The van der Waals surface area contributed by atoms with Crippen molar-refractivity contribution in [3.63, 3.8) is 0 Å². The van der Waals surface area contributed by atoms with Crippen LogP contribution < -0.4 is 9.47 Å². The molecule has 0 spiro atoms. The van der Waals surface area contributed by atoms with Crippen LogP contribution in [0.4, 0.5) is 0 Å². The molecule has 3 aromatic carbocycles. The Morgan fingerprint density at radius 2 is 1.67 bits per heavy atom. The zero-order valence-corrected chi connectivity index (χ0v) is 16.6. The molecule has 4 rings (SSSR count). The molecule has 0 unspecified atom stereocenters. The van der Waals surface area contributed by atoms with Crippen molar-refractivity contribution in [3.05, 3.63) is 76.9 Å². The van der Waals surface area contributed by atoms with Gasteiger partial charge in [-0.05, 0) is 43.2 Å². The number of hydrogen-bond acceptors (Lipinski definition) is 6. The van der Waals surface area contributed by atoms with Gasteiger partial charge in [-0.1, -0.05) is 18.2 Å². The summed E-state index contributed by atoms with van der Waals surface area (Å²) in [5.74, 6) is 0.663. The summed E-state index contributed by atoms with van der Waals surface area (Å²) in [7, 11) is 1.51. The number of carbonyl (C=O) groups is 1. The van der Waals surface area contributed by atoms with Crippen LogP contribution in [0, 0.1) is 0 Å². The van der Waals surface area contributed by atoms with Crippen molar-refractivity contribution in [2.24, 2.45) is 0 Å². The lowest BCUT2D eigenvalue weighted by atomic mass is 9.81. The van der Waals surface area contributed by atoms with E-state index in [-0.39, 0.29) is 40.6 Å². The number of ether oxygens (including phenoxy) is 2. The van der Waals surface area contributed by atoms with Gasteiger partial charge >= 0.3 is 0 Å². The van der Waals surface area contributed by atoms with Crippen LogP contribution in [-0.2, 0) is 0 Å². The van der Waals surface area contributed by atoms with Crippen molar-refractivity contribution in [2.75, 3.05) is 7.11 Å². The Balaban J connectivity index is 1.87. The van der Waals surface area contributed by atoms with Crippen LogP contribution in [0.2, 0.25) is 0 Å². The largest absolute Gasteiger partial charge is 0.508 e. The zero-order valence-electron chi connectivity index (χ0n) is 16.6. The van der Waals surface area contributed by atoms with Gasteiger partial charge in [0.25, 0.3) is 0 Å². The van der Waals surface area contributed by atoms with Gasteiger partial charge in [0.15, 0.2) is 5.78 Å². The summed E-state index contributed by atoms with van der Waals surface area (Å²) in [4.78, 5) is 12.0. The topological polar surface area (TPSA) is 96.2 Å². The quantitative estimate of drug-likeness (QED) is 0.545. The molecule has 1 aliphatic rings. The van der Waals surface area contributed by atoms with Gasteiger partial charge in [-0.3, -0.25) is 4.79 Å². The number of hydrogen-bond donors (Lipinski definition) is 3. The van der Waals surface area contributed by atoms with Gasteiger partial charge in [0.1, 0.15) is 34.9 Å². The fourth-order valence-corrected chi connectivity index (χ4v) is 3.96. The number of carbonyl (C=O) groups excluding carboxylic acids is 1. The standard InChI is InChI=1S/C24H22O6/c1-13(25)18-10-20(23(29-2)12-21(18)28)19-11-22(14-3-5-15(26)6-4-14)30-24-9-16(27)7-8-17(19)24/h3-10,12,19,22,26-28H,11H2,1-2H3/t19-,22+/m1/s1. The van der Waals surface area contributed by atoms with E-state index in [0.717, 1.165) is 16.7 Å². The summed E-state index contributed by atoms with van der Waals surface area (Å²) >= 11 is 0. The smallest absolute Gasteiger partial charge is 0.163 e. The first-order chi connectivity index (χ1) is 14.4. The molecule has 30 heavy (non-hydrogen) atoms. The molecule has 0 fully saturated rings. The Morgan fingerprint density at radius 3 is 2.33 bits per heavy atom. The average molecular weight is 406 g/mol. The van der Waals surface area contributed by atoms with Gasteiger partial charge in [-0.15, -0.1) is 0 Å². The van der Waals surface area contributed by atoms with Crippen LogP contribution in [0.25, 0.3) is 0 Å². The molecule has 3 N–H and O–H groups in total. The molecule has 0 saturated carbocycles. The molecule has 6 nitrogen and oxygen atoms in total. The molecule has 6 heteroatoms. The second-order valence-corrected chi connectivity index (χ2v) is 7.38. The highest BCUT2D eigenvalue weighted by molar-refractivity contribution is 5.97. The van der Waals surface area contributed by atoms with E-state index in [0.29, 0.717) is 17.9 Å². The van der Waals surface area contributed by atoms with Gasteiger partial charge in [0.2, 0.25) is 0 Å². The van der Waals surface area contributed by atoms with E-state index in [9.17, 15) is 20.1 Å². The predicted molar refractivity (Wildman–Crippen MR) is 111 cm³/mol. The predicted octanol–water partition coefficient (Wildman–Crippen LogP) is 4.67. The van der Waals surface area contributed by atoms with Crippen LogP contribution in [0.15, 0.2) is 54.6 Å².